The molecule has 0 atom stereocenters. The lowest BCUT2D eigenvalue weighted by molar-refractivity contribution is -0.120. The summed E-state index contributed by atoms with van der Waals surface area (Å²) in [5, 5.41) is 3.97. The number of amides is 1. The minimum absolute atomic E-state index is 0.138. The van der Waals surface area contributed by atoms with Crippen LogP contribution < -0.4 is 10.2 Å². The van der Waals surface area contributed by atoms with Gasteiger partial charge < -0.3 is 9.30 Å². The van der Waals surface area contributed by atoms with Crippen molar-refractivity contribution in [1.82, 2.24) is 9.99 Å². The second kappa shape index (κ2) is 8.02. The van der Waals surface area contributed by atoms with Gasteiger partial charge >= 0.3 is 0 Å². The summed E-state index contributed by atoms with van der Waals surface area (Å²) in [5.41, 5.74) is 4.39. The predicted molar refractivity (Wildman–Crippen MR) is 87.1 cm³/mol. The molecular formula is C17H21N3O2. The van der Waals surface area contributed by atoms with Gasteiger partial charge in [-0.3, -0.25) is 4.79 Å². The lowest BCUT2D eigenvalue weighted by Crippen LogP contribution is -2.20. The van der Waals surface area contributed by atoms with Crippen molar-refractivity contribution in [2.24, 2.45) is 12.1 Å². The van der Waals surface area contributed by atoms with Crippen LogP contribution in [0.4, 0.5) is 0 Å². The Morgan fingerprint density at radius 2 is 2.09 bits per heavy atom. The molecule has 1 aromatic heterocycles. The van der Waals surface area contributed by atoms with Crippen molar-refractivity contribution >= 4 is 12.1 Å². The Labute approximate surface area is 130 Å². The molecular weight excluding hydrogens is 278 g/mol. The van der Waals surface area contributed by atoms with Crippen molar-refractivity contribution in [2.75, 3.05) is 6.61 Å². The number of benzene rings is 1. The highest BCUT2D eigenvalue weighted by atomic mass is 16.5. The van der Waals surface area contributed by atoms with Crippen molar-refractivity contribution < 1.29 is 9.53 Å². The van der Waals surface area contributed by atoms with Crippen molar-refractivity contribution in [3.8, 4) is 5.75 Å². The fourth-order valence-electron chi connectivity index (χ4n) is 1.93. The van der Waals surface area contributed by atoms with Crippen LogP contribution in [0.5, 0.6) is 5.75 Å². The molecule has 22 heavy (non-hydrogen) atoms. The van der Waals surface area contributed by atoms with E-state index in [0.717, 1.165) is 23.4 Å². The molecule has 0 unspecified atom stereocenters. The Kier molecular flexibility index (Phi) is 5.77. The van der Waals surface area contributed by atoms with E-state index in [1.165, 1.54) is 0 Å². The van der Waals surface area contributed by atoms with Crippen molar-refractivity contribution in [3.63, 3.8) is 0 Å². The fourth-order valence-corrected chi connectivity index (χ4v) is 1.93. The zero-order valence-electron chi connectivity index (χ0n) is 13.0. The normalized spacial score (nSPS) is 10.8. The quantitative estimate of drug-likeness (QED) is 0.631. The SMILES string of the molecule is CCCOc1ccc(/C=N\NC(=O)Cc2cccn2C)cc1. The Morgan fingerprint density at radius 3 is 2.73 bits per heavy atom. The Morgan fingerprint density at radius 1 is 1.32 bits per heavy atom. The van der Waals surface area contributed by atoms with Crippen LogP contribution in [0.1, 0.15) is 24.6 Å². The maximum atomic E-state index is 11.8. The van der Waals surface area contributed by atoms with Gasteiger partial charge in [0, 0.05) is 18.9 Å². The molecule has 0 fully saturated rings. The summed E-state index contributed by atoms with van der Waals surface area (Å²) in [5.74, 6) is 0.702. The summed E-state index contributed by atoms with van der Waals surface area (Å²) in [4.78, 5) is 11.8. The second-order valence-electron chi connectivity index (χ2n) is 5.00. The van der Waals surface area contributed by atoms with Crippen molar-refractivity contribution in [2.45, 2.75) is 19.8 Å². The summed E-state index contributed by atoms with van der Waals surface area (Å²) in [6, 6.07) is 11.4. The Balaban J connectivity index is 1.81. The molecule has 0 aliphatic rings. The van der Waals surface area contributed by atoms with E-state index < -0.39 is 0 Å². The third kappa shape index (κ3) is 4.77. The molecule has 0 bridgehead atoms. The van der Waals surface area contributed by atoms with Gasteiger partial charge in [0.1, 0.15) is 5.75 Å². The maximum absolute atomic E-state index is 11.8. The number of hydrogen-bond acceptors (Lipinski definition) is 3. The van der Waals surface area contributed by atoms with Gasteiger partial charge in [-0.2, -0.15) is 5.10 Å². The second-order valence-corrected chi connectivity index (χ2v) is 5.00. The zero-order chi connectivity index (χ0) is 15.8. The minimum atomic E-state index is -0.138. The molecule has 5 heteroatoms. The van der Waals surface area contributed by atoms with Gasteiger partial charge in [0.05, 0.1) is 19.2 Å². The molecule has 2 aromatic rings. The first kappa shape index (κ1) is 15.8. The highest BCUT2D eigenvalue weighted by Gasteiger charge is 2.04. The molecule has 0 aliphatic carbocycles. The molecule has 116 valence electrons. The Bertz CT molecular complexity index is 630. The number of nitrogens with zero attached hydrogens (tertiary/aromatic N) is 2. The lowest BCUT2D eigenvalue weighted by Gasteiger charge is -2.04. The molecule has 0 radical (unpaired) electrons. The van der Waals surface area contributed by atoms with Crippen LogP contribution in [-0.4, -0.2) is 23.3 Å². The average molecular weight is 299 g/mol. The first-order valence-electron chi connectivity index (χ1n) is 7.34. The highest BCUT2D eigenvalue weighted by Crippen LogP contribution is 2.11. The van der Waals surface area contributed by atoms with Crippen LogP contribution in [-0.2, 0) is 18.3 Å². The first-order valence-corrected chi connectivity index (χ1v) is 7.34. The van der Waals surface area contributed by atoms with Gasteiger partial charge in [-0.1, -0.05) is 6.92 Å². The van der Waals surface area contributed by atoms with E-state index in [0.29, 0.717) is 13.0 Å². The largest absolute Gasteiger partial charge is 0.494 e. The Hall–Kier alpha value is -2.56. The van der Waals surface area contributed by atoms with Crippen molar-refractivity contribution in [3.05, 3.63) is 53.9 Å². The third-order valence-corrected chi connectivity index (χ3v) is 3.15. The highest BCUT2D eigenvalue weighted by molar-refractivity contribution is 5.83. The summed E-state index contributed by atoms with van der Waals surface area (Å²) >= 11 is 0. The van der Waals surface area contributed by atoms with E-state index in [4.69, 9.17) is 4.74 Å². The van der Waals surface area contributed by atoms with Crippen LogP contribution in [0.3, 0.4) is 0 Å². The monoisotopic (exact) mass is 299 g/mol. The van der Waals surface area contributed by atoms with E-state index in [2.05, 4.69) is 17.5 Å². The smallest absolute Gasteiger partial charge is 0.245 e. The van der Waals surface area contributed by atoms with Crippen LogP contribution >= 0.6 is 0 Å². The lowest BCUT2D eigenvalue weighted by atomic mass is 10.2. The molecule has 1 amide bonds. The number of nitrogens with one attached hydrogen (secondary N) is 1. The molecule has 1 heterocycles. The number of hydrazone groups is 1. The number of carbonyl (C=O) groups is 1. The number of aromatic nitrogens is 1. The van der Waals surface area contributed by atoms with Gasteiger partial charge in [-0.05, 0) is 48.4 Å². The van der Waals surface area contributed by atoms with E-state index >= 15 is 0 Å². The molecule has 1 N–H and O–H groups in total. The topological polar surface area (TPSA) is 55.6 Å². The van der Waals surface area contributed by atoms with Gasteiger partial charge in [0.25, 0.3) is 0 Å². The molecule has 5 nitrogen and oxygen atoms in total. The van der Waals surface area contributed by atoms with Crippen LogP contribution in [0.15, 0.2) is 47.7 Å². The summed E-state index contributed by atoms with van der Waals surface area (Å²) in [6.07, 6.45) is 4.82. The first-order chi connectivity index (χ1) is 10.7. The summed E-state index contributed by atoms with van der Waals surface area (Å²) in [7, 11) is 1.91. The molecule has 0 saturated carbocycles. The number of aryl methyl sites for hydroxylation is 1. The van der Waals surface area contributed by atoms with E-state index in [1.54, 1.807) is 6.21 Å². The number of ether oxygens (including phenoxy) is 1. The summed E-state index contributed by atoms with van der Waals surface area (Å²) in [6.45, 7) is 2.78. The molecule has 0 spiro atoms. The van der Waals surface area contributed by atoms with Crippen LogP contribution in [0.2, 0.25) is 0 Å². The van der Waals surface area contributed by atoms with E-state index in [-0.39, 0.29) is 5.91 Å². The molecule has 0 saturated heterocycles. The van der Waals surface area contributed by atoms with Gasteiger partial charge in [0.2, 0.25) is 5.91 Å². The van der Waals surface area contributed by atoms with Crippen molar-refractivity contribution in [1.29, 1.82) is 0 Å². The third-order valence-electron chi connectivity index (χ3n) is 3.15. The number of rotatable bonds is 7. The predicted octanol–water partition coefficient (Wildman–Crippen LogP) is 2.51. The van der Waals surface area contributed by atoms with Crippen LogP contribution in [0.25, 0.3) is 0 Å². The fraction of sp³-hybridized carbons (Fsp3) is 0.294. The minimum Gasteiger partial charge on any atom is -0.494 e. The standard InChI is InChI=1S/C17H21N3O2/c1-3-11-22-16-8-6-14(7-9-16)13-18-19-17(21)12-15-5-4-10-20(15)2/h4-10,13H,3,11-12H2,1-2H3,(H,19,21)/b18-13-. The average Bonchev–Trinajstić information content (AvgIpc) is 2.91. The van der Waals surface area contributed by atoms with Gasteiger partial charge in [0.15, 0.2) is 0 Å². The molecule has 1 aromatic carbocycles. The van der Waals surface area contributed by atoms with E-state index in [1.807, 2.05) is 54.2 Å². The van der Waals surface area contributed by atoms with Gasteiger partial charge in [-0.25, -0.2) is 5.43 Å². The zero-order valence-corrected chi connectivity index (χ0v) is 13.0. The van der Waals surface area contributed by atoms with E-state index in [9.17, 15) is 4.79 Å². The number of hydrogen-bond donors (Lipinski definition) is 1. The maximum Gasteiger partial charge on any atom is 0.245 e. The molecule has 2 rings (SSSR count). The molecule has 0 aliphatic heterocycles. The van der Waals surface area contributed by atoms with Gasteiger partial charge in [-0.15, -0.1) is 0 Å². The van der Waals surface area contributed by atoms with Crippen LogP contribution in [0, 0.1) is 0 Å². The summed E-state index contributed by atoms with van der Waals surface area (Å²) < 4.78 is 7.42. The number of carbonyl (C=O) groups excluding carboxylic acids is 1.